The summed E-state index contributed by atoms with van der Waals surface area (Å²) < 4.78 is 1.80. The van der Waals surface area contributed by atoms with E-state index in [0.717, 1.165) is 38.0 Å². The van der Waals surface area contributed by atoms with Crippen molar-refractivity contribution in [2.75, 3.05) is 19.6 Å². The van der Waals surface area contributed by atoms with Gasteiger partial charge in [-0.25, -0.2) is 0 Å². The van der Waals surface area contributed by atoms with Crippen LogP contribution in [0.4, 0.5) is 0 Å². The molecule has 126 valence electrons. The predicted octanol–water partition coefficient (Wildman–Crippen LogP) is 1.28. The molecule has 3 aliphatic heterocycles. The zero-order valence-corrected chi connectivity index (χ0v) is 13.7. The van der Waals surface area contributed by atoms with E-state index < -0.39 is 11.7 Å². The largest absolute Gasteiger partial charge is 0.508 e. The summed E-state index contributed by atoms with van der Waals surface area (Å²) >= 11 is 0. The van der Waals surface area contributed by atoms with Crippen LogP contribution >= 0.6 is 0 Å². The van der Waals surface area contributed by atoms with Gasteiger partial charge in [0.25, 0.3) is 11.7 Å². The van der Waals surface area contributed by atoms with Crippen molar-refractivity contribution in [1.82, 2.24) is 14.8 Å². The molecule has 24 heavy (non-hydrogen) atoms. The number of rotatable bonds is 3. The second-order valence-corrected chi connectivity index (χ2v) is 6.90. The Labute approximate surface area is 140 Å². The molecule has 1 atom stereocenters. The molecule has 2 aromatic rings. The minimum absolute atomic E-state index is 0.0623. The number of ketones is 1. The lowest BCUT2D eigenvalue weighted by Crippen LogP contribution is -2.58. The zero-order chi connectivity index (χ0) is 16.8. The molecule has 1 aromatic heterocycles. The SMILES string of the molecule is Cn1cc(C(=O)C(=O)NC2CN3CCC2CC3)c2cc(O)ccc21. The lowest BCUT2D eigenvalue weighted by Gasteiger charge is -2.44. The first-order valence-corrected chi connectivity index (χ1v) is 8.38. The van der Waals surface area contributed by atoms with Gasteiger partial charge in [0.05, 0.1) is 5.56 Å². The van der Waals surface area contributed by atoms with Crippen LogP contribution < -0.4 is 5.32 Å². The smallest absolute Gasteiger partial charge is 0.292 e. The zero-order valence-electron chi connectivity index (χ0n) is 13.7. The summed E-state index contributed by atoms with van der Waals surface area (Å²) in [6, 6.07) is 4.91. The lowest BCUT2D eigenvalue weighted by molar-refractivity contribution is -0.119. The maximum Gasteiger partial charge on any atom is 0.292 e. The molecule has 3 aliphatic rings. The number of piperidine rings is 3. The second-order valence-electron chi connectivity index (χ2n) is 6.90. The van der Waals surface area contributed by atoms with Crippen LogP contribution in [0, 0.1) is 5.92 Å². The van der Waals surface area contributed by atoms with Gasteiger partial charge in [-0.3, -0.25) is 9.59 Å². The van der Waals surface area contributed by atoms with Crippen LogP contribution in [0.5, 0.6) is 5.75 Å². The Bertz CT molecular complexity index is 818. The van der Waals surface area contributed by atoms with Crippen molar-refractivity contribution in [1.29, 1.82) is 0 Å². The van der Waals surface area contributed by atoms with Gasteiger partial charge >= 0.3 is 0 Å². The normalized spacial score (nSPS) is 25.8. The molecule has 2 N–H and O–H groups in total. The Kier molecular flexibility index (Phi) is 3.57. The molecule has 1 unspecified atom stereocenters. The molecule has 0 radical (unpaired) electrons. The van der Waals surface area contributed by atoms with Crippen LogP contribution in [0.1, 0.15) is 23.2 Å². The fraction of sp³-hybridized carbons (Fsp3) is 0.444. The number of benzene rings is 1. The molecule has 1 amide bonds. The molecular weight excluding hydrogens is 306 g/mol. The van der Waals surface area contributed by atoms with E-state index >= 15 is 0 Å². The minimum Gasteiger partial charge on any atom is -0.508 e. The minimum atomic E-state index is -0.551. The molecular formula is C18H21N3O3. The fourth-order valence-electron chi connectivity index (χ4n) is 4.05. The first-order valence-electron chi connectivity index (χ1n) is 8.38. The molecule has 4 heterocycles. The van der Waals surface area contributed by atoms with Gasteiger partial charge in [0.15, 0.2) is 0 Å². The number of phenolic OH excluding ortho intramolecular Hbond substituents is 1. The Morgan fingerprint density at radius 3 is 2.67 bits per heavy atom. The standard InChI is InChI=1S/C18H21N3O3/c1-20-9-14(13-8-12(22)2-3-16(13)20)17(23)18(24)19-15-10-21-6-4-11(15)5-7-21/h2-3,8-9,11,15,22H,4-7,10H2,1H3,(H,19,24). The number of aryl methyl sites for hydroxylation is 1. The van der Waals surface area contributed by atoms with Crippen LogP contribution in [0.15, 0.2) is 24.4 Å². The van der Waals surface area contributed by atoms with E-state index in [0.29, 0.717) is 16.9 Å². The van der Waals surface area contributed by atoms with Gasteiger partial charge in [0.2, 0.25) is 0 Å². The average Bonchev–Trinajstić information content (AvgIpc) is 2.91. The van der Waals surface area contributed by atoms with E-state index in [9.17, 15) is 14.7 Å². The highest BCUT2D eigenvalue weighted by Gasteiger charge is 2.36. The van der Waals surface area contributed by atoms with Crippen molar-refractivity contribution in [3.8, 4) is 5.75 Å². The Morgan fingerprint density at radius 1 is 1.25 bits per heavy atom. The van der Waals surface area contributed by atoms with Crippen molar-refractivity contribution >= 4 is 22.6 Å². The van der Waals surface area contributed by atoms with Crippen molar-refractivity contribution in [3.05, 3.63) is 30.0 Å². The first kappa shape index (κ1) is 15.2. The van der Waals surface area contributed by atoms with Crippen molar-refractivity contribution in [3.63, 3.8) is 0 Å². The number of carbonyl (C=O) groups excluding carboxylic acids is 2. The highest BCUT2D eigenvalue weighted by molar-refractivity contribution is 6.45. The molecule has 0 aliphatic carbocycles. The highest BCUT2D eigenvalue weighted by atomic mass is 16.3. The number of nitrogens with one attached hydrogen (secondary N) is 1. The number of carbonyl (C=O) groups is 2. The third-order valence-electron chi connectivity index (χ3n) is 5.40. The monoisotopic (exact) mass is 327 g/mol. The number of phenols is 1. The molecule has 5 rings (SSSR count). The molecule has 3 saturated heterocycles. The molecule has 6 nitrogen and oxygen atoms in total. The Hall–Kier alpha value is -2.34. The van der Waals surface area contributed by atoms with E-state index in [4.69, 9.17) is 0 Å². The van der Waals surface area contributed by atoms with E-state index in [1.54, 1.807) is 22.9 Å². The van der Waals surface area contributed by atoms with Gasteiger partial charge in [-0.2, -0.15) is 0 Å². The molecule has 1 aromatic carbocycles. The lowest BCUT2D eigenvalue weighted by atomic mass is 9.84. The Balaban J connectivity index is 1.57. The van der Waals surface area contributed by atoms with E-state index in [1.807, 2.05) is 7.05 Å². The number of hydrogen-bond acceptors (Lipinski definition) is 4. The van der Waals surface area contributed by atoms with Crippen LogP contribution in [-0.2, 0) is 11.8 Å². The number of hydrogen-bond donors (Lipinski definition) is 2. The van der Waals surface area contributed by atoms with Gasteiger partial charge in [0.1, 0.15) is 5.75 Å². The van der Waals surface area contributed by atoms with Crippen LogP contribution in [0.3, 0.4) is 0 Å². The van der Waals surface area contributed by atoms with E-state index in [-0.39, 0.29) is 11.8 Å². The molecule has 6 heteroatoms. The number of aromatic nitrogens is 1. The van der Waals surface area contributed by atoms with Gasteiger partial charge in [-0.15, -0.1) is 0 Å². The predicted molar refractivity (Wildman–Crippen MR) is 90.0 cm³/mol. The van der Waals surface area contributed by atoms with Gasteiger partial charge < -0.3 is 19.9 Å². The number of amides is 1. The Morgan fingerprint density at radius 2 is 2.00 bits per heavy atom. The third-order valence-corrected chi connectivity index (χ3v) is 5.40. The summed E-state index contributed by atoms with van der Waals surface area (Å²) in [6.45, 7) is 3.02. The van der Waals surface area contributed by atoms with Crippen molar-refractivity contribution < 1.29 is 14.7 Å². The summed E-state index contributed by atoms with van der Waals surface area (Å²) in [4.78, 5) is 27.5. The summed E-state index contributed by atoms with van der Waals surface area (Å²) in [5.74, 6) is -0.531. The number of Topliss-reactive ketones (excluding diaryl/α,β-unsaturated/α-hetero) is 1. The maximum atomic E-state index is 12.6. The summed E-state index contributed by atoms with van der Waals surface area (Å²) in [5, 5.41) is 13.2. The van der Waals surface area contributed by atoms with E-state index in [2.05, 4.69) is 10.2 Å². The summed E-state index contributed by atoms with van der Waals surface area (Å²) in [5.41, 5.74) is 1.15. The van der Waals surface area contributed by atoms with Crippen molar-refractivity contribution in [2.45, 2.75) is 18.9 Å². The van der Waals surface area contributed by atoms with Crippen LogP contribution in [0.2, 0.25) is 0 Å². The summed E-state index contributed by atoms with van der Waals surface area (Å²) in [6.07, 6.45) is 3.82. The molecule has 2 bridgehead atoms. The number of fused-ring (bicyclic) bond motifs is 4. The molecule has 3 fully saturated rings. The van der Waals surface area contributed by atoms with Crippen molar-refractivity contribution in [2.24, 2.45) is 13.0 Å². The number of nitrogens with zero attached hydrogens (tertiary/aromatic N) is 2. The third kappa shape index (κ3) is 2.47. The van der Waals surface area contributed by atoms with Gasteiger partial charge in [-0.05, 0) is 50.0 Å². The van der Waals surface area contributed by atoms with Gasteiger partial charge in [-0.1, -0.05) is 0 Å². The second kappa shape index (κ2) is 5.63. The summed E-state index contributed by atoms with van der Waals surface area (Å²) in [7, 11) is 1.82. The quantitative estimate of drug-likeness (QED) is 0.658. The topological polar surface area (TPSA) is 74.6 Å². The molecule has 0 spiro atoms. The fourth-order valence-corrected chi connectivity index (χ4v) is 4.05. The maximum absolute atomic E-state index is 12.6. The van der Waals surface area contributed by atoms with Gasteiger partial charge in [0, 0.05) is 36.7 Å². The first-order chi connectivity index (χ1) is 11.5. The van der Waals surface area contributed by atoms with E-state index in [1.165, 1.54) is 6.07 Å². The number of aromatic hydroxyl groups is 1. The average molecular weight is 327 g/mol. The highest BCUT2D eigenvalue weighted by Crippen LogP contribution is 2.28. The molecule has 0 saturated carbocycles. The van der Waals surface area contributed by atoms with Crippen LogP contribution in [0.25, 0.3) is 10.9 Å². The van der Waals surface area contributed by atoms with Crippen LogP contribution in [-0.4, -0.2) is 51.9 Å².